The molecule has 1 fully saturated rings. The molecule has 2 aromatic carbocycles. The van der Waals surface area contributed by atoms with Crippen molar-refractivity contribution in [3.05, 3.63) is 58.5 Å². The Balaban J connectivity index is 1.08. The summed E-state index contributed by atoms with van der Waals surface area (Å²) in [6.45, 7) is 4.33. The van der Waals surface area contributed by atoms with Crippen molar-refractivity contribution in [3.8, 4) is 0 Å². The van der Waals surface area contributed by atoms with Gasteiger partial charge in [0.1, 0.15) is 5.01 Å². The number of fused-ring (bicyclic) bond motifs is 2. The predicted molar refractivity (Wildman–Crippen MR) is 124 cm³/mol. The molecule has 0 N–H and O–H groups in total. The first-order valence-corrected chi connectivity index (χ1v) is 12.1. The van der Waals surface area contributed by atoms with Crippen LogP contribution >= 0.6 is 22.7 Å². The van der Waals surface area contributed by atoms with Crippen LogP contribution in [0.15, 0.2) is 48.5 Å². The average Bonchev–Trinajstić information content (AvgIpc) is 3.37. The van der Waals surface area contributed by atoms with Gasteiger partial charge < -0.3 is 4.90 Å². The van der Waals surface area contributed by atoms with Gasteiger partial charge in [0.15, 0.2) is 0 Å². The van der Waals surface area contributed by atoms with E-state index in [0.29, 0.717) is 6.42 Å². The Bertz CT molecular complexity index is 1090. The van der Waals surface area contributed by atoms with Crippen molar-refractivity contribution in [2.24, 2.45) is 0 Å². The van der Waals surface area contributed by atoms with E-state index in [0.717, 1.165) is 66.6 Å². The molecule has 0 aliphatic carbocycles. The second-order valence-corrected chi connectivity index (χ2v) is 9.89. The Morgan fingerprint density at radius 2 is 1.43 bits per heavy atom. The molecular formula is C23H24N4OS2. The Labute approximate surface area is 184 Å². The smallest absolute Gasteiger partial charge is 0.222 e. The Morgan fingerprint density at radius 3 is 2.10 bits per heavy atom. The number of amides is 1. The van der Waals surface area contributed by atoms with Gasteiger partial charge in [-0.25, -0.2) is 9.97 Å². The third-order valence-electron chi connectivity index (χ3n) is 5.54. The topological polar surface area (TPSA) is 49.3 Å². The summed E-state index contributed by atoms with van der Waals surface area (Å²) in [5, 5.41) is 2.29. The molecule has 3 heterocycles. The third-order valence-corrected chi connectivity index (χ3v) is 7.66. The van der Waals surface area contributed by atoms with Crippen molar-refractivity contribution >= 4 is 49.0 Å². The molecule has 30 heavy (non-hydrogen) atoms. The summed E-state index contributed by atoms with van der Waals surface area (Å²) in [4.78, 5) is 26.5. The summed E-state index contributed by atoms with van der Waals surface area (Å²) in [7, 11) is 0. The molecule has 5 rings (SSSR count). The minimum Gasteiger partial charge on any atom is -0.340 e. The Kier molecular flexibility index (Phi) is 5.75. The lowest BCUT2D eigenvalue weighted by Crippen LogP contribution is -2.48. The van der Waals surface area contributed by atoms with Gasteiger partial charge in [-0.1, -0.05) is 24.3 Å². The highest BCUT2D eigenvalue weighted by molar-refractivity contribution is 7.18. The zero-order valence-electron chi connectivity index (χ0n) is 16.8. The van der Waals surface area contributed by atoms with E-state index >= 15 is 0 Å². The number of thiazole rings is 2. The summed E-state index contributed by atoms with van der Waals surface area (Å²) < 4.78 is 2.47. The van der Waals surface area contributed by atoms with Crippen molar-refractivity contribution in [2.75, 3.05) is 26.2 Å². The van der Waals surface area contributed by atoms with Crippen molar-refractivity contribution in [1.82, 2.24) is 19.8 Å². The minimum absolute atomic E-state index is 0.274. The van der Waals surface area contributed by atoms with E-state index in [-0.39, 0.29) is 5.91 Å². The standard InChI is InChI=1S/C23H24N4OS2/c28-23(11-5-10-21-24-17-6-1-3-8-19(17)29-21)27-14-12-26(13-15-27)16-22-25-18-7-2-4-9-20(18)30-22/h1-4,6-9H,5,10-16H2. The molecule has 1 aliphatic heterocycles. The fourth-order valence-corrected chi connectivity index (χ4v) is 5.93. The van der Waals surface area contributed by atoms with Crippen LogP contribution in [0.1, 0.15) is 22.9 Å². The van der Waals surface area contributed by atoms with Gasteiger partial charge in [-0.2, -0.15) is 0 Å². The number of para-hydroxylation sites is 2. The fourth-order valence-electron chi connectivity index (χ4n) is 3.91. The predicted octanol–water partition coefficient (Wildman–Crippen LogP) is 4.57. The number of carbonyl (C=O) groups is 1. The minimum atomic E-state index is 0.274. The van der Waals surface area contributed by atoms with E-state index in [1.54, 1.807) is 22.7 Å². The summed E-state index contributed by atoms with van der Waals surface area (Å²) in [5.74, 6) is 0.274. The van der Waals surface area contributed by atoms with Gasteiger partial charge >= 0.3 is 0 Å². The monoisotopic (exact) mass is 436 g/mol. The van der Waals surface area contributed by atoms with Crippen molar-refractivity contribution in [1.29, 1.82) is 0 Å². The van der Waals surface area contributed by atoms with Crippen molar-refractivity contribution in [3.63, 3.8) is 0 Å². The summed E-state index contributed by atoms with van der Waals surface area (Å²) in [6, 6.07) is 16.5. The molecular weight excluding hydrogens is 412 g/mol. The largest absolute Gasteiger partial charge is 0.340 e. The number of aromatic nitrogens is 2. The molecule has 154 valence electrons. The lowest BCUT2D eigenvalue weighted by molar-refractivity contribution is -0.133. The first-order chi connectivity index (χ1) is 14.7. The van der Waals surface area contributed by atoms with E-state index in [9.17, 15) is 4.79 Å². The van der Waals surface area contributed by atoms with Crippen LogP contribution in [0, 0.1) is 0 Å². The van der Waals surface area contributed by atoms with E-state index in [2.05, 4.69) is 34.1 Å². The maximum absolute atomic E-state index is 12.6. The van der Waals surface area contributed by atoms with Gasteiger partial charge in [-0.15, -0.1) is 22.7 Å². The third kappa shape index (κ3) is 4.38. The number of rotatable bonds is 6. The second-order valence-electron chi connectivity index (χ2n) is 7.66. The fraction of sp³-hybridized carbons (Fsp3) is 0.348. The molecule has 0 unspecified atom stereocenters. The second kappa shape index (κ2) is 8.79. The van der Waals surface area contributed by atoms with E-state index in [4.69, 9.17) is 4.98 Å². The lowest BCUT2D eigenvalue weighted by atomic mass is 10.2. The molecule has 1 aliphatic rings. The molecule has 5 nitrogen and oxygen atoms in total. The van der Waals surface area contributed by atoms with Crippen molar-refractivity contribution < 1.29 is 4.79 Å². The highest BCUT2D eigenvalue weighted by atomic mass is 32.1. The molecule has 2 aromatic heterocycles. The first-order valence-electron chi connectivity index (χ1n) is 10.4. The summed E-state index contributed by atoms with van der Waals surface area (Å²) in [6.07, 6.45) is 2.35. The van der Waals surface area contributed by atoms with Gasteiger partial charge in [-0.3, -0.25) is 9.69 Å². The molecule has 0 saturated carbocycles. The Morgan fingerprint density at radius 1 is 0.833 bits per heavy atom. The van der Waals surface area contributed by atoms with E-state index in [1.807, 2.05) is 29.2 Å². The van der Waals surface area contributed by atoms with Crippen LogP contribution in [0.4, 0.5) is 0 Å². The molecule has 4 aromatic rings. The zero-order chi connectivity index (χ0) is 20.3. The van der Waals surface area contributed by atoms with Gasteiger partial charge in [0.05, 0.1) is 32.0 Å². The van der Waals surface area contributed by atoms with Crippen LogP contribution < -0.4 is 0 Å². The lowest BCUT2D eigenvalue weighted by Gasteiger charge is -2.34. The van der Waals surface area contributed by atoms with Gasteiger partial charge in [0.25, 0.3) is 0 Å². The average molecular weight is 437 g/mol. The number of piperazine rings is 1. The van der Waals surface area contributed by atoms with E-state index in [1.165, 1.54) is 9.40 Å². The number of carbonyl (C=O) groups excluding carboxylic acids is 1. The number of nitrogens with zero attached hydrogens (tertiary/aromatic N) is 4. The molecule has 1 saturated heterocycles. The maximum atomic E-state index is 12.6. The number of hydrogen-bond donors (Lipinski definition) is 0. The van der Waals surface area contributed by atoms with Gasteiger partial charge in [0, 0.05) is 32.6 Å². The molecule has 0 bridgehead atoms. The van der Waals surface area contributed by atoms with E-state index < -0.39 is 0 Å². The molecule has 0 atom stereocenters. The van der Waals surface area contributed by atoms with Crippen LogP contribution in [0.25, 0.3) is 20.4 Å². The summed E-state index contributed by atoms with van der Waals surface area (Å²) >= 11 is 3.51. The SMILES string of the molecule is O=C(CCCc1nc2ccccc2s1)N1CCN(Cc2nc3ccccc3s2)CC1. The number of benzene rings is 2. The first kappa shape index (κ1) is 19.6. The van der Waals surface area contributed by atoms with Crippen LogP contribution in [-0.4, -0.2) is 51.9 Å². The van der Waals surface area contributed by atoms with Crippen LogP contribution in [-0.2, 0) is 17.8 Å². The highest BCUT2D eigenvalue weighted by Gasteiger charge is 2.21. The van der Waals surface area contributed by atoms with Crippen LogP contribution in [0.3, 0.4) is 0 Å². The van der Waals surface area contributed by atoms with Crippen LogP contribution in [0.2, 0.25) is 0 Å². The van der Waals surface area contributed by atoms with Gasteiger partial charge in [-0.05, 0) is 37.1 Å². The molecule has 0 radical (unpaired) electrons. The highest BCUT2D eigenvalue weighted by Crippen LogP contribution is 2.24. The number of aryl methyl sites for hydroxylation is 1. The molecule has 1 amide bonds. The maximum Gasteiger partial charge on any atom is 0.222 e. The quantitative estimate of drug-likeness (QED) is 0.444. The van der Waals surface area contributed by atoms with Gasteiger partial charge in [0.2, 0.25) is 5.91 Å². The zero-order valence-corrected chi connectivity index (χ0v) is 18.4. The molecule has 0 spiro atoms. The van der Waals surface area contributed by atoms with Crippen LogP contribution in [0.5, 0.6) is 0 Å². The Hall–Kier alpha value is -2.35. The normalized spacial score (nSPS) is 15.3. The number of hydrogen-bond acceptors (Lipinski definition) is 6. The summed E-state index contributed by atoms with van der Waals surface area (Å²) in [5.41, 5.74) is 2.15. The molecule has 7 heteroatoms. The van der Waals surface area contributed by atoms with Crippen molar-refractivity contribution in [2.45, 2.75) is 25.8 Å².